The van der Waals surface area contributed by atoms with E-state index in [1.807, 2.05) is 0 Å². The van der Waals surface area contributed by atoms with E-state index < -0.39 is 35.2 Å². The third-order valence-corrected chi connectivity index (χ3v) is 1.79. The van der Waals surface area contributed by atoms with Gasteiger partial charge < -0.3 is 10.2 Å². The molecule has 15 heavy (non-hydrogen) atoms. The quantitative estimate of drug-likeness (QED) is 0.574. The van der Waals surface area contributed by atoms with E-state index in [4.69, 9.17) is 10.4 Å². The van der Waals surface area contributed by atoms with Gasteiger partial charge in [-0.2, -0.15) is 5.26 Å². The fourth-order valence-corrected chi connectivity index (χ4v) is 1.01. The number of nitrogens with zero attached hydrogens (tertiary/aromatic N) is 1. The molecule has 1 rings (SSSR count). The molecule has 0 spiro atoms. The lowest BCUT2D eigenvalue weighted by atomic mass is 10.0. The summed E-state index contributed by atoms with van der Waals surface area (Å²) < 4.78 is 38.1. The molecule has 0 aliphatic rings. The maximum Gasteiger partial charge on any atom is 0.170 e. The van der Waals surface area contributed by atoms with E-state index in [1.54, 1.807) is 0 Å². The molecule has 2 unspecified atom stereocenters. The largest absolute Gasteiger partial charge is 0.384 e. The van der Waals surface area contributed by atoms with Crippen LogP contribution in [0, 0.1) is 28.8 Å². The van der Waals surface area contributed by atoms with Crippen molar-refractivity contribution in [2.75, 3.05) is 0 Å². The third-order valence-electron chi connectivity index (χ3n) is 1.79. The number of benzene rings is 1. The normalized spacial score (nSPS) is 14.4. The van der Waals surface area contributed by atoms with Crippen LogP contribution in [0.25, 0.3) is 0 Å². The molecule has 1 aromatic carbocycles. The first-order valence-corrected chi connectivity index (χ1v) is 3.87. The van der Waals surface area contributed by atoms with Gasteiger partial charge in [-0.1, -0.05) is 0 Å². The van der Waals surface area contributed by atoms with Crippen molar-refractivity contribution in [3.63, 3.8) is 0 Å². The average Bonchev–Trinajstić information content (AvgIpc) is 2.21. The molecular formula is C9H6F3NO2. The average molecular weight is 217 g/mol. The van der Waals surface area contributed by atoms with Gasteiger partial charge in [0.05, 0.1) is 6.07 Å². The second-order valence-corrected chi connectivity index (χ2v) is 2.81. The Hall–Kier alpha value is -1.58. The van der Waals surface area contributed by atoms with E-state index in [0.717, 1.165) is 0 Å². The molecule has 2 N–H and O–H groups in total. The summed E-state index contributed by atoms with van der Waals surface area (Å²) in [4.78, 5) is 0. The van der Waals surface area contributed by atoms with Crippen molar-refractivity contribution in [2.24, 2.45) is 0 Å². The van der Waals surface area contributed by atoms with Gasteiger partial charge in [0.15, 0.2) is 17.7 Å². The van der Waals surface area contributed by atoms with Crippen molar-refractivity contribution < 1.29 is 23.4 Å². The van der Waals surface area contributed by atoms with Gasteiger partial charge in [-0.15, -0.1) is 0 Å². The van der Waals surface area contributed by atoms with Crippen molar-refractivity contribution in [1.29, 1.82) is 5.26 Å². The summed E-state index contributed by atoms with van der Waals surface area (Å²) >= 11 is 0. The Balaban J connectivity index is 3.16. The zero-order chi connectivity index (χ0) is 11.6. The smallest absolute Gasteiger partial charge is 0.170 e. The first-order chi connectivity index (χ1) is 6.97. The van der Waals surface area contributed by atoms with Crippen LogP contribution in [0.2, 0.25) is 0 Å². The standard InChI is InChI=1S/C9H6F3NO2/c10-5-2-7(12)6(11)1-4(5)9(15)8(14)3-13/h1-2,8-9,14-15H. The monoisotopic (exact) mass is 217 g/mol. The Morgan fingerprint density at radius 3 is 2.13 bits per heavy atom. The van der Waals surface area contributed by atoms with Crippen LogP contribution in [-0.4, -0.2) is 16.3 Å². The summed E-state index contributed by atoms with van der Waals surface area (Å²) in [5.41, 5.74) is -0.664. The second-order valence-electron chi connectivity index (χ2n) is 2.81. The summed E-state index contributed by atoms with van der Waals surface area (Å²) in [6, 6.07) is 1.88. The van der Waals surface area contributed by atoms with Crippen molar-refractivity contribution in [3.05, 3.63) is 35.1 Å². The molecule has 80 valence electrons. The fraction of sp³-hybridized carbons (Fsp3) is 0.222. The van der Waals surface area contributed by atoms with Gasteiger partial charge in [0.2, 0.25) is 0 Å². The SMILES string of the molecule is N#CC(O)C(O)c1cc(F)c(F)cc1F. The molecule has 3 nitrogen and oxygen atoms in total. The molecule has 0 aliphatic carbocycles. The van der Waals surface area contributed by atoms with Crippen molar-refractivity contribution in [2.45, 2.75) is 12.2 Å². The summed E-state index contributed by atoms with van der Waals surface area (Å²) in [6.45, 7) is 0. The molecular weight excluding hydrogens is 211 g/mol. The number of hydrogen-bond donors (Lipinski definition) is 2. The van der Waals surface area contributed by atoms with Gasteiger partial charge >= 0.3 is 0 Å². The molecule has 0 heterocycles. The lowest BCUT2D eigenvalue weighted by molar-refractivity contribution is 0.0499. The zero-order valence-electron chi connectivity index (χ0n) is 7.28. The van der Waals surface area contributed by atoms with Gasteiger partial charge in [0.25, 0.3) is 0 Å². The minimum atomic E-state index is -1.91. The first-order valence-electron chi connectivity index (χ1n) is 3.87. The highest BCUT2D eigenvalue weighted by Gasteiger charge is 2.23. The van der Waals surface area contributed by atoms with E-state index >= 15 is 0 Å². The van der Waals surface area contributed by atoms with Crippen LogP contribution in [0.4, 0.5) is 13.2 Å². The van der Waals surface area contributed by atoms with Gasteiger partial charge in [0.1, 0.15) is 11.9 Å². The number of aliphatic hydroxyl groups excluding tert-OH is 2. The fourth-order valence-electron chi connectivity index (χ4n) is 1.01. The lowest BCUT2D eigenvalue weighted by Gasteiger charge is -2.12. The molecule has 0 fully saturated rings. The number of hydrogen-bond acceptors (Lipinski definition) is 3. The van der Waals surface area contributed by atoms with Crippen molar-refractivity contribution in [3.8, 4) is 6.07 Å². The maximum atomic E-state index is 13.0. The Morgan fingerprint density at radius 2 is 1.60 bits per heavy atom. The van der Waals surface area contributed by atoms with Crippen LogP contribution in [0.1, 0.15) is 11.7 Å². The van der Waals surface area contributed by atoms with E-state index in [2.05, 4.69) is 0 Å². The third kappa shape index (κ3) is 2.26. The van der Waals surface area contributed by atoms with Crippen molar-refractivity contribution >= 4 is 0 Å². The molecule has 0 amide bonds. The highest BCUT2D eigenvalue weighted by atomic mass is 19.2. The summed E-state index contributed by atoms with van der Waals surface area (Å²) in [7, 11) is 0. The number of rotatable bonds is 2. The maximum absolute atomic E-state index is 13.0. The van der Waals surface area contributed by atoms with Crippen LogP contribution >= 0.6 is 0 Å². The molecule has 2 atom stereocenters. The van der Waals surface area contributed by atoms with Gasteiger partial charge in [-0.3, -0.25) is 0 Å². The van der Waals surface area contributed by atoms with Gasteiger partial charge in [-0.25, -0.2) is 13.2 Å². The second kappa shape index (κ2) is 4.29. The molecule has 0 bridgehead atoms. The lowest BCUT2D eigenvalue weighted by Crippen LogP contribution is -2.17. The molecule has 0 radical (unpaired) electrons. The van der Waals surface area contributed by atoms with Crippen LogP contribution < -0.4 is 0 Å². The molecule has 6 heteroatoms. The van der Waals surface area contributed by atoms with E-state index in [-0.39, 0.29) is 6.07 Å². The van der Waals surface area contributed by atoms with Crippen LogP contribution in [0.5, 0.6) is 0 Å². The predicted octanol–water partition coefficient (Wildman–Crippen LogP) is 1.02. The van der Waals surface area contributed by atoms with Crippen LogP contribution in [0.15, 0.2) is 12.1 Å². The Labute approximate surface area is 83.0 Å². The van der Waals surface area contributed by atoms with E-state index in [1.165, 1.54) is 6.07 Å². The Morgan fingerprint density at radius 1 is 1.07 bits per heavy atom. The first kappa shape index (κ1) is 11.5. The number of aliphatic hydroxyl groups is 2. The van der Waals surface area contributed by atoms with Gasteiger partial charge in [0, 0.05) is 11.6 Å². The highest BCUT2D eigenvalue weighted by Crippen LogP contribution is 2.22. The Bertz CT molecular complexity index is 417. The Kier molecular flexibility index (Phi) is 3.29. The number of halogens is 3. The molecule has 1 aromatic rings. The van der Waals surface area contributed by atoms with Crippen LogP contribution in [-0.2, 0) is 0 Å². The molecule has 0 saturated carbocycles. The van der Waals surface area contributed by atoms with Gasteiger partial charge in [-0.05, 0) is 6.07 Å². The predicted molar refractivity (Wildman–Crippen MR) is 42.9 cm³/mol. The summed E-state index contributed by atoms with van der Waals surface area (Å²) in [5.74, 6) is -4.00. The topological polar surface area (TPSA) is 64.2 Å². The summed E-state index contributed by atoms with van der Waals surface area (Å²) in [6.07, 6.45) is -3.81. The summed E-state index contributed by atoms with van der Waals surface area (Å²) in [5, 5.41) is 26.3. The number of nitriles is 1. The van der Waals surface area contributed by atoms with E-state index in [9.17, 15) is 18.3 Å². The zero-order valence-corrected chi connectivity index (χ0v) is 7.28. The molecule has 0 aromatic heterocycles. The van der Waals surface area contributed by atoms with Crippen LogP contribution in [0.3, 0.4) is 0 Å². The molecule has 0 aliphatic heterocycles. The van der Waals surface area contributed by atoms with E-state index in [0.29, 0.717) is 6.07 Å². The minimum Gasteiger partial charge on any atom is -0.384 e. The van der Waals surface area contributed by atoms with Crippen molar-refractivity contribution in [1.82, 2.24) is 0 Å². The molecule has 0 saturated heterocycles. The highest BCUT2D eigenvalue weighted by molar-refractivity contribution is 5.24. The minimum absolute atomic E-state index is 0.234.